The van der Waals surface area contributed by atoms with Crippen LogP contribution in [0.5, 0.6) is 0 Å². The summed E-state index contributed by atoms with van der Waals surface area (Å²) in [5.41, 5.74) is 2.50. The molecule has 0 radical (unpaired) electrons. The van der Waals surface area contributed by atoms with E-state index in [1.165, 1.54) is 24.0 Å². The van der Waals surface area contributed by atoms with Crippen molar-refractivity contribution >= 4 is 5.91 Å². The molecule has 100 valence electrons. The third-order valence-electron chi connectivity index (χ3n) is 3.68. The first kappa shape index (κ1) is 13.7. The van der Waals surface area contributed by atoms with E-state index in [1.54, 1.807) is 0 Å². The summed E-state index contributed by atoms with van der Waals surface area (Å²) >= 11 is 0. The van der Waals surface area contributed by atoms with Crippen LogP contribution in [-0.2, 0) is 11.2 Å². The molecule has 0 aromatic heterocycles. The van der Waals surface area contributed by atoms with Crippen molar-refractivity contribution in [2.75, 3.05) is 13.1 Å². The van der Waals surface area contributed by atoms with Gasteiger partial charge in [-0.25, -0.2) is 0 Å². The van der Waals surface area contributed by atoms with Gasteiger partial charge in [0.05, 0.1) is 6.54 Å². The summed E-state index contributed by atoms with van der Waals surface area (Å²) in [5.74, 6) is 3.48. The molecule has 0 unspecified atom stereocenters. The Bertz CT molecular complexity index is 482. The molecule has 0 saturated heterocycles. The van der Waals surface area contributed by atoms with Crippen LogP contribution < -0.4 is 0 Å². The van der Waals surface area contributed by atoms with Crippen LogP contribution in [0, 0.1) is 25.2 Å². The highest BCUT2D eigenvalue weighted by molar-refractivity contribution is 5.76. The van der Waals surface area contributed by atoms with Gasteiger partial charge < -0.3 is 4.90 Å². The van der Waals surface area contributed by atoms with Crippen molar-refractivity contribution in [3.63, 3.8) is 0 Å². The van der Waals surface area contributed by atoms with Gasteiger partial charge in [0.2, 0.25) is 5.91 Å². The summed E-state index contributed by atoms with van der Waals surface area (Å²) in [7, 11) is 0. The van der Waals surface area contributed by atoms with Crippen LogP contribution in [-0.4, -0.2) is 23.9 Å². The van der Waals surface area contributed by atoms with E-state index in [-0.39, 0.29) is 5.91 Å². The minimum Gasteiger partial charge on any atom is -0.331 e. The molecule has 1 aliphatic rings. The average molecular weight is 255 g/mol. The lowest BCUT2D eigenvalue weighted by molar-refractivity contribution is -0.130. The predicted molar refractivity (Wildman–Crippen MR) is 77.6 cm³/mol. The minimum absolute atomic E-state index is 0.188. The largest absolute Gasteiger partial charge is 0.331 e. The smallest absolute Gasteiger partial charge is 0.223 e. The second kappa shape index (κ2) is 6.43. The van der Waals surface area contributed by atoms with Gasteiger partial charge in [0.15, 0.2) is 0 Å². The van der Waals surface area contributed by atoms with E-state index in [4.69, 9.17) is 6.42 Å². The lowest BCUT2D eigenvalue weighted by atomic mass is 10.0. The molecule has 0 bridgehead atoms. The van der Waals surface area contributed by atoms with Gasteiger partial charge in [0.25, 0.3) is 0 Å². The summed E-state index contributed by atoms with van der Waals surface area (Å²) < 4.78 is 0. The highest BCUT2D eigenvalue weighted by atomic mass is 16.2. The van der Waals surface area contributed by atoms with Crippen LogP contribution in [0.2, 0.25) is 0 Å². The molecule has 1 fully saturated rings. The van der Waals surface area contributed by atoms with E-state index in [9.17, 15) is 4.79 Å². The zero-order valence-corrected chi connectivity index (χ0v) is 11.6. The summed E-state index contributed by atoms with van der Waals surface area (Å²) in [6, 6.07) is 8.23. The topological polar surface area (TPSA) is 20.3 Å². The Morgan fingerprint density at radius 2 is 2.16 bits per heavy atom. The maximum atomic E-state index is 12.2. The molecule has 1 aromatic rings. The summed E-state index contributed by atoms with van der Waals surface area (Å²) in [6.45, 7) is 3.38. The maximum absolute atomic E-state index is 12.2. The first-order chi connectivity index (χ1) is 9.20. The van der Waals surface area contributed by atoms with E-state index in [0.29, 0.717) is 18.9 Å². The standard InChI is InChI=1S/C17H21NO/c1-3-12-18(13-15-8-9-15)17(19)11-10-16-7-5-4-6-14(16)2/h1,4-7,15H,8-13H2,2H3. The second-order valence-corrected chi connectivity index (χ2v) is 5.35. The third kappa shape index (κ3) is 4.13. The Morgan fingerprint density at radius 3 is 2.79 bits per heavy atom. The van der Waals surface area contributed by atoms with Gasteiger partial charge in [-0.2, -0.15) is 0 Å². The zero-order chi connectivity index (χ0) is 13.7. The quantitative estimate of drug-likeness (QED) is 0.716. The number of benzene rings is 1. The van der Waals surface area contributed by atoms with Crippen LogP contribution in [0.15, 0.2) is 24.3 Å². The second-order valence-electron chi connectivity index (χ2n) is 5.35. The van der Waals surface area contributed by atoms with Crippen LogP contribution in [0.1, 0.15) is 30.4 Å². The SMILES string of the molecule is C#CCN(CC1CC1)C(=O)CCc1ccccc1C. The average Bonchev–Trinajstić information content (AvgIpc) is 3.21. The van der Waals surface area contributed by atoms with E-state index in [0.717, 1.165) is 13.0 Å². The van der Waals surface area contributed by atoms with Crippen LogP contribution in [0.25, 0.3) is 0 Å². The summed E-state index contributed by atoms with van der Waals surface area (Å²) in [4.78, 5) is 14.1. The van der Waals surface area contributed by atoms with Gasteiger partial charge in [-0.15, -0.1) is 6.42 Å². The zero-order valence-electron chi connectivity index (χ0n) is 11.6. The van der Waals surface area contributed by atoms with Crippen molar-refractivity contribution in [1.29, 1.82) is 0 Å². The van der Waals surface area contributed by atoms with Gasteiger partial charge in [-0.1, -0.05) is 30.2 Å². The Morgan fingerprint density at radius 1 is 1.42 bits per heavy atom. The van der Waals surface area contributed by atoms with Crippen LogP contribution in [0.4, 0.5) is 0 Å². The van der Waals surface area contributed by atoms with E-state index >= 15 is 0 Å². The monoisotopic (exact) mass is 255 g/mol. The third-order valence-corrected chi connectivity index (χ3v) is 3.68. The fourth-order valence-electron chi connectivity index (χ4n) is 2.27. The van der Waals surface area contributed by atoms with Gasteiger partial charge in [-0.3, -0.25) is 4.79 Å². The number of terminal acetylenes is 1. The molecule has 2 heteroatoms. The molecule has 2 nitrogen and oxygen atoms in total. The highest BCUT2D eigenvalue weighted by Gasteiger charge is 2.26. The molecule has 0 N–H and O–H groups in total. The Kier molecular flexibility index (Phi) is 4.63. The van der Waals surface area contributed by atoms with Crippen LogP contribution in [0.3, 0.4) is 0 Å². The van der Waals surface area contributed by atoms with Gasteiger partial charge >= 0.3 is 0 Å². The lowest BCUT2D eigenvalue weighted by Crippen LogP contribution is -2.33. The number of rotatable bonds is 6. The fraction of sp³-hybridized carbons (Fsp3) is 0.471. The molecule has 1 aromatic carbocycles. The molecule has 0 heterocycles. The number of hydrogen-bond donors (Lipinski definition) is 0. The van der Waals surface area contributed by atoms with Gasteiger partial charge in [0.1, 0.15) is 0 Å². The van der Waals surface area contributed by atoms with Crippen LogP contribution >= 0.6 is 0 Å². The van der Waals surface area contributed by atoms with Crippen molar-refractivity contribution < 1.29 is 4.79 Å². The number of nitrogens with zero attached hydrogens (tertiary/aromatic N) is 1. The molecule has 0 aliphatic heterocycles. The Labute approximate surface area is 115 Å². The van der Waals surface area contributed by atoms with E-state index < -0.39 is 0 Å². The van der Waals surface area contributed by atoms with Crippen molar-refractivity contribution in [1.82, 2.24) is 4.90 Å². The number of hydrogen-bond acceptors (Lipinski definition) is 1. The predicted octanol–water partition coefficient (Wildman–Crippen LogP) is 2.80. The number of carbonyl (C=O) groups excluding carboxylic acids is 1. The van der Waals surface area contributed by atoms with E-state index in [2.05, 4.69) is 25.0 Å². The van der Waals surface area contributed by atoms with Crippen molar-refractivity contribution in [2.24, 2.45) is 5.92 Å². The summed E-state index contributed by atoms with van der Waals surface area (Å²) in [5, 5.41) is 0. The van der Waals surface area contributed by atoms with Crippen molar-refractivity contribution in [2.45, 2.75) is 32.6 Å². The Hall–Kier alpha value is -1.75. The molecular formula is C17H21NO. The molecule has 19 heavy (non-hydrogen) atoms. The summed E-state index contributed by atoms with van der Waals surface area (Å²) in [6.07, 6.45) is 9.19. The van der Waals surface area contributed by atoms with E-state index in [1.807, 2.05) is 17.0 Å². The fourth-order valence-corrected chi connectivity index (χ4v) is 2.27. The Balaban J connectivity index is 1.88. The number of amides is 1. The maximum Gasteiger partial charge on any atom is 0.223 e. The van der Waals surface area contributed by atoms with Gasteiger partial charge in [-0.05, 0) is 43.2 Å². The first-order valence-corrected chi connectivity index (χ1v) is 6.96. The lowest BCUT2D eigenvalue weighted by Gasteiger charge is -2.20. The number of carbonyl (C=O) groups is 1. The molecule has 1 aliphatic carbocycles. The molecule has 0 atom stereocenters. The normalized spacial score (nSPS) is 13.9. The van der Waals surface area contributed by atoms with Crippen molar-refractivity contribution in [3.05, 3.63) is 35.4 Å². The molecule has 1 saturated carbocycles. The van der Waals surface area contributed by atoms with Gasteiger partial charge in [0, 0.05) is 13.0 Å². The molecule has 1 amide bonds. The first-order valence-electron chi connectivity index (χ1n) is 6.96. The molecular weight excluding hydrogens is 234 g/mol. The molecule has 2 rings (SSSR count). The minimum atomic E-state index is 0.188. The number of aryl methyl sites for hydroxylation is 2. The van der Waals surface area contributed by atoms with Crippen molar-refractivity contribution in [3.8, 4) is 12.3 Å². The molecule has 0 spiro atoms. The highest BCUT2D eigenvalue weighted by Crippen LogP contribution is 2.29.